The molecular formula is C16H25NO2. The van der Waals surface area contributed by atoms with Crippen LogP contribution >= 0.6 is 0 Å². The van der Waals surface area contributed by atoms with E-state index in [1.54, 1.807) is 7.11 Å². The number of anilines is 1. The van der Waals surface area contributed by atoms with Crippen molar-refractivity contribution < 1.29 is 9.53 Å². The molecule has 1 atom stereocenters. The van der Waals surface area contributed by atoms with Crippen LogP contribution in [-0.2, 0) is 4.79 Å². The summed E-state index contributed by atoms with van der Waals surface area (Å²) in [5.74, 6) is 0.898. The van der Waals surface area contributed by atoms with Crippen molar-refractivity contribution in [3.63, 3.8) is 0 Å². The van der Waals surface area contributed by atoms with Crippen LogP contribution in [-0.4, -0.2) is 13.0 Å². The first kappa shape index (κ1) is 15.5. The summed E-state index contributed by atoms with van der Waals surface area (Å²) in [4.78, 5) is 12.3. The summed E-state index contributed by atoms with van der Waals surface area (Å²) < 4.78 is 5.28. The Kier molecular flexibility index (Phi) is 6.40. The van der Waals surface area contributed by atoms with Gasteiger partial charge < -0.3 is 10.1 Å². The molecule has 0 saturated heterocycles. The molecule has 0 saturated carbocycles. The second kappa shape index (κ2) is 7.82. The molecule has 3 heteroatoms. The quantitative estimate of drug-likeness (QED) is 0.802. The maximum absolute atomic E-state index is 12.3. The van der Waals surface area contributed by atoms with E-state index in [4.69, 9.17) is 4.74 Å². The van der Waals surface area contributed by atoms with Crippen molar-refractivity contribution in [3.05, 3.63) is 23.8 Å². The Morgan fingerprint density at radius 1 is 1.37 bits per heavy atom. The van der Waals surface area contributed by atoms with Crippen molar-refractivity contribution in [2.75, 3.05) is 12.4 Å². The molecule has 0 aromatic heterocycles. The monoisotopic (exact) mass is 263 g/mol. The number of amides is 1. The Morgan fingerprint density at radius 2 is 2.11 bits per heavy atom. The highest BCUT2D eigenvalue weighted by molar-refractivity contribution is 5.94. The number of aryl methyl sites for hydroxylation is 1. The number of unbranched alkanes of at least 4 members (excludes halogenated alkanes) is 1. The lowest BCUT2D eigenvalue weighted by Gasteiger charge is -2.16. The van der Waals surface area contributed by atoms with Gasteiger partial charge >= 0.3 is 0 Å². The Hall–Kier alpha value is -1.51. The lowest BCUT2D eigenvalue weighted by Crippen LogP contribution is -2.22. The minimum absolute atomic E-state index is 0.0881. The highest BCUT2D eigenvalue weighted by atomic mass is 16.5. The number of methoxy groups -OCH3 is 1. The first-order valence-electron chi connectivity index (χ1n) is 7.07. The van der Waals surface area contributed by atoms with Crippen molar-refractivity contribution in [1.29, 1.82) is 0 Å². The first-order chi connectivity index (χ1) is 9.12. The second-order valence-corrected chi connectivity index (χ2v) is 4.94. The highest BCUT2D eigenvalue weighted by Crippen LogP contribution is 2.26. The zero-order valence-corrected chi connectivity index (χ0v) is 12.5. The van der Waals surface area contributed by atoms with E-state index in [0.717, 1.165) is 36.9 Å². The summed E-state index contributed by atoms with van der Waals surface area (Å²) in [7, 11) is 1.62. The van der Waals surface area contributed by atoms with E-state index in [9.17, 15) is 4.79 Å². The molecule has 0 fully saturated rings. The van der Waals surface area contributed by atoms with Gasteiger partial charge in [0.1, 0.15) is 5.75 Å². The predicted molar refractivity (Wildman–Crippen MR) is 79.7 cm³/mol. The number of ether oxygens (including phenoxy) is 1. The molecule has 1 amide bonds. The van der Waals surface area contributed by atoms with Crippen molar-refractivity contribution in [2.45, 2.75) is 46.5 Å². The fourth-order valence-electron chi connectivity index (χ4n) is 2.13. The van der Waals surface area contributed by atoms with Crippen LogP contribution in [0.4, 0.5) is 5.69 Å². The van der Waals surface area contributed by atoms with Gasteiger partial charge in [0.05, 0.1) is 12.8 Å². The Morgan fingerprint density at radius 3 is 2.68 bits per heavy atom. The maximum Gasteiger partial charge on any atom is 0.227 e. The molecule has 0 radical (unpaired) electrons. The van der Waals surface area contributed by atoms with Gasteiger partial charge in [0.15, 0.2) is 0 Å². The van der Waals surface area contributed by atoms with E-state index in [-0.39, 0.29) is 11.8 Å². The molecule has 1 rings (SSSR count). The molecule has 1 N–H and O–H groups in total. The SMILES string of the molecule is CCCCC(CC)C(=O)Nc1cc(C)ccc1OC. The molecule has 0 heterocycles. The molecule has 0 aliphatic rings. The van der Waals surface area contributed by atoms with Gasteiger partial charge in [0.2, 0.25) is 5.91 Å². The minimum atomic E-state index is 0.0881. The van der Waals surface area contributed by atoms with Crippen LogP contribution in [0, 0.1) is 12.8 Å². The Balaban J connectivity index is 2.77. The fourth-order valence-corrected chi connectivity index (χ4v) is 2.13. The molecule has 0 spiro atoms. The Bertz CT molecular complexity index is 415. The number of nitrogens with one attached hydrogen (secondary N) is 1. The third-order valence-corrected chi connectivity index (χ3v) is 3.38. The number of carbonyl (C=O) groups excluding carboxylic acids is 1. The molecule has 0 bridgehead atoms. The van der Waals surface area contributed by atoms with E-state index in [1.807, 2.05) is 25.1 Å². The fraction of sp³-hybridized carbons (Fsp3) is 0.562. The lowest BCUT2D eigenvalue weighted by atomic mass is 9.98. The largest absolute Gasteiger partial charge is 0.495 e. The van der Waals surface area contributed by atoms with Gasteiger partial charge in [-0.1, -0.05) is 32.8 Å². The average molecular weight is 263 g/mol. The summed E-state index contributed by atoms with van der Waals surface area (Å²) in [6, 6.07) is 5.81. The average Bonchev–Trinajstić information content (AvgIpc) is 2.40. The van der Waals surface area contributed by atoms with Crippen LogP contribution in [0.25, 0.3) is 0 Å². The van der Waals surface area contributed by atoms with Crippen LogP contribution in [0.3, 0.4) is 0 Å². The summed E-state index contributed by atoms with van der Waals surface area (Å²) in [5.41, 5.74) is 1.88. The van der Waals surface area contributed by atoms with Gasteiger partial charge in [-0.3, -0.25) is 4.79 Å². The number of carbonyl (C=O) groups is 1. The van der Waals surface area contributed by atoms with E-state index >= 15 is 0 Å². The second-order valence-electron chi connectivity index (χ2n) is 4.94. The molecule has 19 heavy (non-hydrogen) atoms. The molecule has 0 aliphatic carbocycles. The summed E-state index contributed by atoms with van der Waals surface area (Å²) in [6.45, 7) is 6.21. The van der Waals surface area contributed by atoms with Crippen LogP contribution in [0.1, 0.15) is 45.1 Å². The number of hydrogen-bond donors (Lipinski definition) is 1. The van der Waals surface area contributed by atoms with Gasteiger partial charge in [0, 0.05) is 5.92 Å². The molecule has 3 nitrogen and oxygen atoms in total. The molecule has 0 aliphatic heterocycles. The Labute approximate surface area is 116 Å². The molecule has 1 aromatic rings. The third kappa shape index (κ3) is 4.58. The normalized spacial score (nSPS) is 12.0. The minimum Gasteiger partial charge on any atom is -0.495 e. The highest BCUT2D eigenvalue weighted by Gasteiger charge is 2.17. The first-order valence-corrected chi connectivity index (χ1v) is 7.07. The lowest BCUT2D eigenvalue weighted by molar-refractivity contribution is -0.120. The van der Waals surface area contributed by atoms with Crippen LogP contribution in [0.15, 0.2) is 18.2 Å². The van der Waals surface area contributed by atoms with E-state index in [1.165, 1.54) is 0 Å². The smallest absolute Gasteiger partial charge is 0.227 e. The number of rotatable bonds is 7. The molecular weight excluding hydrogens is 238 g/mol. The molecule has 1 aromatic carbocycles. The van der Waals surface area contributed by atoms with E-state index < -0.39 is 0 Å². The van der Waals surface area contributed by atoms with Gasteiger partial charge in [-0.05, 0) is 37.5 Å². The van der Waals surface area contributed by atoms with Gasteiger partial charge in [0.25, 0.3) is 0 Å². The summed E-state index contributed by atoms with van der Waals surface area (Å²) in [6.07, 6.45) is 4.04. The molecule has 106 valence electrons. The van der Waals surface area contributed by atoms with Crippen molar-refractivity contribution >= 4 is 11.6 Å². The number of benzene rings is 1. The van der Waals surface area contributed by atoms with E-state index in [0.29, 0.717) is 5.75 Å². The maximum atomic E-state index is 12.3. The topological polar surface area (TPSA) is 38.3 Å². The summed E-state index contributed by atoms with van der Waals surface area (Å²) in [5, 5.41) is 3.00. The van der Waals surface area contributed by atoms with Crippen LogP contribution in [0.5, 0.6) is 5.75 Å². The van der Waals surface area contributed by atoms with Gasteiger partial charge in [-0.15, -0.1) is 0 Å². The predicted octanol–water partition coefficient (Wildman–Crippen LogP) is 4.16. The van der Waals surface area contributed by atoms with E-state index in [2.05, 4.69) is 19.2 Å². The third-order valence-electron chi connectivity index (χ3n) is 3.38. The van der Waals surface area contributed by atoms with Crippen molar-refractivity contribution in [3.8, 4) is 5.75 Å². The van der Waals surface area contributed by atoms with Gasteiger partial charge in [-0.2, -0.15) is 0 Å². The summed E-state index contributed by atoms with van der Waals surface area (Å²) >= 11 is 0. The van der Waals surface area contributed by atoms with Gasteiger partial charge in [-0.25, -0.2) is 0 Å². The standard InChI is InChI=1S/C16H25NO2/c1-5-7-8-13(6-2)16(18)17-14-11-12(3)9-10-15(14)19-4/h9-11,13H,5-8H2,1-4H3,(H,17,18). The zero-order chi connectivity index (χ0) is 14.3. The zero-order valence-electron chi connectivity index (χ0n) is 12.5. The van der Waals surface area contributed by atoms with Crippen LogP contribution in [0.2, 0.25) is 0 Å². The van der Waals surface area contributed by atoms with Crippen molar-refractivity contribution in [1.82, 2.24) is 0 Å². The van der Waals surface area contributed by atoms with Crippen LogP contribution < -0.4 is 10.1 Å². The van der Waals surface area contributed by atoms with Crippen molar-refractivity contribution in [2.24, 2.45) is 5.92 Å². The number of hydrogen-bond acceptors (Lipinski definition) is 2. The molecule has 1 unspecified atom stereocenters.